The number of fused-ring (bicyclic) bond motifs is 3. The van der Waals surface area contributed by atoms with Gasteiger partial charge in [0.05, 0.1) is 11.2 Å². The molecule has 2 aromatic carbocycles. The van der Waals surface area contributed by atoms with Gasteiger partial charge in [-0.1, -0.05) is 48.0 Å². The third-order valence-electron chi connectivity index (χ3n) is 3.60. The lowest BCUT2D eigenvalue weighted by molar-refractivity contribution is 1.33. The van der Waals surface area contributed by atoms with Gasteiger partial charge in [0.2, 0.25) is 0 Å². The molecule has 0 aliphatic heterocycles. The Morgan fingerprint density at radius 2 is 1.71 bits per heavy atom. The molecule has 0 saturated carbocycles. The van der Waals surface area contributed by atoms with Crippen LogP contribution in [0, 0.1) is 0 Å². The minimum atomic E-state index is 0.503. The van der Waals surface area contributed by atoms with Crippen LogP contribution in [-0.2, 0) is 0 Å². The van der Waals surface area contributed by atoms with Gasteiger partial charge in [-0.25, -0.2) is 4.98 Å². The number of nitrogens with zero attached hydrogens (tertiary/aromatic N) is 2. The summed E-state index contributed by atoms with van der Waals surface area (Å²) in [5.74, 6) is 0. The fraction of sp³-hybridized carbons (Fsp3) is 0. The lowest BCUT2D eigenvalue weighted by atomic mass is 10.0. The van der Waals surface area contributed by atoms with Crippen LogP contribution in [0.25, 0.3) is 32.9 Å². The first kappa shape index (κ1) is 12.3. The van der Waals surface area contributed by atoms with Gasteiger partial charge < -0.3 is 0 Å². The van der Waals surface area contributed by atoms with E-state index in [-0.39, 0.29) is 0 Å². The van der Waals surface area contributed by atoms with E-state index in [1.165, 1.54) is 5.39 Å². The lowest BCUT2D eigenvalue weighted by Crippen LogP contribution is -1.86. The largest absolute Gasteiger partial charge is 0.256 e. The Balaban J connectivity index is 2.02. The second kappa shape index (κ2) is 4.83. The summed E-state index contributed by atoms with van der Waals surface area (Å²) in [6.45, 7) is 0. The second-order valence-corrected chi connectivity index (χ2v) is 5.31. The van der Waals surface area contributed by atoms with Gasteiger partial charge in [0.15, 0.2) is 0 Å². The van der Waals surface area contributed by atoms with Gasteiger partial charge in [0.25, 0.3) is 0 Å². The summed E-state index contributed by atoms with van der Waals surface area (Å²) in [6.07, 6.45) is 1.91. The van der Waals surface area contributed by atoms with Crippen molar-refractivity contribution in [3.63, 3.8) is 0 Å². The van der Waals surface area contributed by atoms with Crippen LogP contribution in [0.5, 0.6) is 0 Å². The molecule has 0 radical (unpaired) electrons. The molecule has 3 heteroatoms. The van der Waals surface area contributed by atoms with Crippen LogP contribution in [0.1, 0.15) is 0 Å². The summed E-state index contributed by atoms with van der Waals surface area (Å²) in [7, 11) is 0. The molecule has 100 valence electrons. The molecule has 0 unspecified atom stereocenters. The molecule has 0 bridgehead atoms. The third-order valence-corrected chi connectivity index (χ3v) is 3.81. The Labute approximate surface area is 127 Å². The minimum Gasteiger partial charge on any atom is -0.256 e. The zero-order valence-corrected chi connectivity index (χ0v) is 11.9. The van der Waals surface area contributed by atoms with Gasteiger partial charge in [0.1, 0.15) is 5.15 Å². The van der Waals surface area contributed by atoms with E-state index in [2.05, 4.69) is 28.2 Å². The van der Waals surface area contributed by atoms with E-state index < -0.39 is 0 Å². The molecular formula is C18H11ClN2. The zero-order valence-electron chi connectivity index (χ0n) is 11.1. The number of hydrogen-bond acceptors (Lipinski definition) is 2. The van der Waals surface area contributed by atoms with Crippen LogP contribution in [0.15, 0.2) is 66.9 Å². The summed E-state index contributed by atoms with van der Waals surface area (Å²) in [4.78, 5) is 8.89. The fourth-order valence-corrected chi connectivity index (χ4v) is 2.75. The summed E-state index contributed by atoms with van der Waals surface area (Å²) >= 11 is 5.98. The number of halogens is 1. The Morgan fingerprint density at radius 1 is 0.810 bits per heavy atom. The third kappa shape index (κ3) is 2.14. The molecule has 0 amide bonds. The second-order valence-electron chi connectivity index (χ2n) is 4.92. The van der Waals surface area contributed by atoms with Crippen LogP contribution in [0.2, 0.25) is 5.15 Å². The molecule has 0 atom stereocenters. The topological polar surface area (TPSA) is 25.8 Å². The van der Waals surface area contributed by atoms with Crippen molar-refractivity contribution in [3.8, 4) is 11.3 Å². The normalized spacial score (nSPS) is 11.1. The van der Waals surface area contributed by atoms with Crippen LogP contribution in [0.4, 0.5) is 0 Å². The van der Waals surface area contributed by atoms with Gasteiger partial charge in [-0.2, -0.15) is 0 Å². The predicted molar refractivity (Wildman–Crippen MR) is 87.5 cm³/mol. The lowest BCUT2D eigenvalue weighted by Gasteiger charge is -2.06. The quantitative estimate of drug-likeness (QED) is 0.360. The Kier molecular flexibility index (Phi) is 2.83. The summed E-state index contributed by atoms with van der Waals surface area (Å²) < 4.78 is 0. The highest BCUT2D eigenvalue weighted by atomic mass is 35.5. The number of rotatable bonds is 1. The monoisotopic (exact) mass is 290 g/mol. The Morgan fingerprint density at radius 3 is 2.62 bits per heavy atom. The van der Waals surface area contributed by atoms with Gasteiger partial charge in [-0.05, 0) is 29.7 Å². The Hall–Kier alpha value is -2.45. The van der Waals surface area contributed by atoms with E-state index in [4.69, 9.17) is 11.6 Å². The maximum atomic E-state index is 5.98. The standard InChI is InChI=1S/C18H11ClN2/c19-18-7-3-6-16(21-18)12-8-9-17-15(10-12)14-5-2-1-4-13(14)11-20-17/h1-11H. The number of pyridine rings is 2. The fourth-order valence-electron chi connectivity index (χ4n) is 2.59. The average molecular weight is 291 g/mol. The molecule has 2 aromatic heterocycles. The summed E-state index contributed by atoms with van der Waals surface area (Å²) in [5, 5.41) is 3.98. The summed E-state index contributed by atoms with van der Waals surface area (Å²) in [6, 6.07) is 20.1. The highest BCUT2D eigenvalue weighted by molar-refractivity contribution is 6.29. The predicted octanol–water partition coefficient (Wildman–Crippen LogP) is 5.10. The van der Waals surface area contributed by atoms with E-state index in [9.17, 15) is 0 Å². The minimum absolute atomic E-state index is 0.503. The first-order chi connectivity index (χ1) is 10.3. The molecule has 2 heterocycles. The van der Waals surface area contributed by atoms with E-state index >= 15 is 0 Å². The highest BCUT2D eigenvalue weighted by Gasteiger charge is 2.05. The average Bonchev–Trinajstić information content (AvgIpc) is 2.54. The number of hydrogen-bond donors (Lipinski definition) is 0. The van der Waals surface area contributed by atoms with Crippen molar-refractivity contribution in [3.05, 3.63) is 72.0 Å². The SMILES string of the molecule is Clc1cccc(-c2ccc3ncc4ccccc4c3c2)n1. The molecule has 0 saturated heterocycles. The molecule has 21 heavy (non-hydrogen) atoms. The van der Waals surface area contributed by atoms with Crippen LogP contribution < -0.4 is 0 Å². The van der Waals surface area contributed by atoms with Gasteiger partial charge in [0, 0.05) is 22.5 Å². The molecule has 0 fully saturated rings. The maximum absolute atomic E-state index is 5.98. The van der Waals surface area contributed by atoms with Gasteiger partial charge in [-0.3, -0.25) is 4.98 Å². The number of benzene rings is 2. The molecule has 0 N–H and O–H groups in total. The highest BCUT2D eigenvalue weighted by Crippen LogP contribution is 2.28. The Bertz CT molecular complexity index is 963. The number of aromatic nitrogens is 2. The maximum Gasteiger partial charge on any atom is 0.129 e. The van der Waals surface area contributed by atoms with E-state index in [0.717, 1.165) is 27.5 Å². The van der Waals surface area contributed by atoms with Crippen molar-refractivity contribution >= 4 is 33.3 Å². The van der Waals surface area contributed by atoms with Crippen LogP contribution in [-0.4, -0.2) is 9.97 Å². The first-order valence-electron chi connectivity index (χ1n) is 6.72. The molecule has 0 spiro atoms. The van der Waals surface area contributed by atoms with E-state index in [1.54, 1.807) is 6.07 Å². The van der Waals surface area contributed by atoms with Crippen LogP contribution >= 0.6 is 11.6 Å². The van der Waals surface area contributed by atoms with E-state index in [1.807, 2.05) is 42.6 Å². The molecule has 4 rings (SSSR count). The van der Waals surface area contributed by atoms with Gasteiger partial charge in [-0.15, -0.1) is 0 Å². The van der Waals surface area contributed by atoms with Crippen molar-refractivity contribution in [1.82, 2.24) is 9.97 Å². The van der Waals surface area contributed by atoms with Crippen molar-refractivity contribution < 1.29 is 0 Å². The zero-order chi connectivity index (χ0) is 14.2. The van der Waals surface area contributed by atoms with Crippen molar-refractivity contribution in [2.45, 2.75) is 0 Å². The van der Waals surface area contributed by atoms with E-state index in [0.29, 0.717) is 5.15 Å². The van der Waals surface area contributed by atoms with Crippen molar-refractivity contribution in [2.75, 3.05) is 0 Å². The smallest absolute Gasteiger partial charge is 0.129 e. The molecule has 2 nitrogen and oxygen atoms in total. The van der Waals surface area contributed by atoms with Gasteiger partial charge >= 0.3 is 0 Å². The van der Waals surface area contributed by atoms with Crippen molar-refractivity contribution in [2.24, 2.45) is 0 Å². The molecular weight excluding hydrogens is 280 g/mol. The molecule has 4 aromatic rings. The first-order valence-corrected chi connectivity index (χ1v) is 7.09. The molecule has 0 aliphatic rings. The van der Waals surface area contributed by atoms with Crippen LogP contribution in [0.3, 0.4) is 0 Å². The molecule has 0 aliphatic carbocycles. The summed E-state index contributed by atoms with van der Waals surface area (Å²) in [5.41, 5.74) is 2.90. The van der Waals surface area contributed by atoms with Crippen molar-refractivity contribution in [1.29, 1.82) is 0 Å².